The van der Waals surface area contributed by atoms with Crippen molar-refractivity contribution in [2.45, 2.75) is 13.3 Å². The van der Waals surface area contributed by atoms with Crippen LogP contribution in [0.3, 0.4) is 0 Å². The molecule has 4 heteroatoms. The molecule has 1 heterocycles. The van der Waals surface area contributed by atoms with Crippen molar-refractivity contribution in [3.63, 3.8) is 0 Å². The van der Waals surface area contributed by atoms with Crippen LogP contribution in [0.5, 0.6) is 0 Å². The predicted octanol–water partition coefficient (Wildman–Crippen LogP) is -3.36. The van der Waals surface area contributed by atoms with Crippen molar-refractivity contribution in [3.8, 4) is 0 Å². The quantitative estimate of drug-likeness (QED) is 0.439. The van der Waals surface area contributed by atoms with Crippen LogP contribution >= 0.6 is 0 Å². The summed E-state index contributed by atoms with van der Waals surface area (Å²) in [5, 5.41) is 0. The van der Waals surface area contributed by atoms with Crippen LogP contribution in [-0.2, 0) is 26.2 Å². The molecule has 0 unspecified atom stereocenters. The van der Waals surface area contributed by atoms with Gasteiger partial charge < -0.3 is 24.8 Å². The van der Waals surface area contributed by atoms with E-state index < -0.39 is 0 Å². The largest absolute Gasteiger partial charge is 3.00 e. The Kier molecular flexibility index (Phi) is 19.8. The average Bonchev–Trinajstić information content (AvgIpc) is 2.62. The van der Waals surface area contributed by atoms with E-state index in [0.717, 1.165) is 6.42 Å². The zero-order valence-electron chi connectivity index (χ0n) is 8.58. The first-order valence-electron chi connectivity index (χ1n) is 4.13. The van der Waals surface area contributed by atoms with Gasteiger partial charge in [0.05, 0.1) is 0 Å². The van der Waals surface area contributed by atoms with Crippen LogP contribution < -0.4 is 24.8 Å². The van der Waals surface area contributed by atoms with Gasteiger partial charge in [-0.05, 0) is 0 Å². The minimum atomic E-state index is 0. The van der Waals surface area contributed by atoms with Gasteiger partial charge in [-0.25, -0.2) is 12.2 Å². The fraction of sp³-hybridized carbons (Fsp3) is 0.182. The fourth-order valence-corrected chi connectivity index (χ4v) is 0.875. The third kappa shape index (κ3) is 12.3. The zero-order chi connectivity index (χ0) is 8.65. The van der Waals surface area contributed by atoms with Crippen LogP contribution in [0.4, 0.5) is 0 Å². The Morgan fingerprint density at radius 1 is 1.27 bits per heavy atom. The Balaban J connectivity index is -0.000000165. The second kappa shape index (κ2) is 14.4. The molecule has 0 spiro atoms. The number of aryl methyl sites for hydroxylation is 1. The van der Waals surface area contributed by atoms with Crippen LogP contribution in [0.2, 0.25) is 0 Å². The van der Waals surface area contributed by atoms with Crippen LogP contribution in [0.1, 0.15) is 11.9 Å². The topological polar surface area (TPSA) is 0 Å². The molecule has 2 rings (SSSR count). The Hall–Kier alpha value is 0.358. The van der Waals surface area contributed by atoms with Crippen LogP contribution in [0, 0.1) is 13.0 Å². The third-order valence-electron chi connectivity index (χ3n) is 1.53. The van der Waals surface area contributed by atoms with Crippen molar-refractivity contribution < 1.29 is 51.0 Å². The van der Waals surface area contributed by atoms with E-state index in [1.165, 1.54) is 5.46 Å². The first-order chi connectivity index (χ1) is 5.89. The maximum absolute atomic E-state index is 2.99. The number of hydrogen-bond donors (Lipinski definition) is 0. The van der Waals surface area contributed by atoms with E-state index in [2.05, 4.69) is 32.1 Å². The second-order valence-corrected chi connectivity index (χ2v) is 2.66. The summed E-state index contributed by atoms with van der Waals surface area (Å²) in [5.74, 6) is 2.04. The molecule has 0 nitrogen and oxygen atoms in total. The molecule has 0 saturated heterocycles. The molecule has 0 bridgehead atoms. The van der Waals surface area contributed by atoms with Crippen molar-refractivity contribution in [3.05, 3.63) is 53.9 Å². The summed E-state index contributed by atoms with van der Waals surface area (Å²) in [4.78, 5) is 0. The van der Waals surface area contributed by atoms with Gasteiger partial charge in [-0.2, -0.15) is 6.08 Å². The number of allylic oxidation sites excluding steroid dienone is 4. The molecule has 1 radical (unpaired) electrons. The van der Waals surface area contributed by atoms with Gasteiger partial charge >= 0.3 is 69.7 Å². The molecule has 0 N–H and O–H groups in total. The van der Waals surface area contributed by atoms with Gasteiger partial charge in [0.2, 0.25) is 0 Å². The predicted molar refractivity (Wildman–Crippen MR) is 54.1 cm³/mol. The summed E-state index contributed by atoms with van der Waals surface area (Å²) in [5.41, 5.74) is 1.32. The maximum Gasteiger partial charge on any atom is 3.00 e. The van der Waals surface area contributed by atoms with E-state index in [1.807, 2.05) is 30.2 Å². The molecule has 1 aliphatic carbocycles. The van der Waals surface area contributed by atoms with Gasteiger partial charge in [0, 0.05) is 0 Å². The second-order valence-electron chi connectivity index (χ2n) is 2.66. The van der Waals surface area contributed by atoms with E-state index in [1.54, 1.807) is 0 Å². The summed E-state index contributed by atoms with van der Waals surface area (Å²) >= 11 is 0. The molecular weight excluding hydrogens is 305 g/mol. The van der Waals surface area contributed by atoms with Gasteiger partial charge in [0.1, 0.15) is 0 Å². The standard InChI is InChI=1S/C6H7B.C5H5.2ClH.Zr/c1-6-4-2-3-5-7-6;1-2-4-5-3-1;;;/h2-5H,1H3;1-3H,4H2;2*1H;/q;-1;;;+3/p-2. The third-order valence-corrected chi connectivity index (χ3v) is 1.53. The fourth-order valence-electron chi connectivity index (χ4n) is 0.875. The van der Waals surface area contributed by atoms with Crippen molar-refractivity contribution >= 4 is 6.91 Å². The van der Waals surface area contributed by atoms with Gasteiger partial charge in [-0.1, -0.05) is 0 Å². The molecule has 15 heavy (non-hydrogen) atoms. The van der Waals surface area contributed by atoms with E-state index in [-0.39, 0.29) is 51.0 Å². The van der Waals surface area contributed by atoms with E-state index in [0.29, 0.717) is 0 Å². The van der Waals surface area contributed by atoms with Gasteiger partial charge in [-0.3, -0.25) is 6.08 Å². The number of halogens is 2. The Bertz CT molecular complexity index is 263. The van der Waals surface area contributed by atoms with Crippen molar-refractivity contribution in [1.29, 1.82) is 0 Å². The smallest absolute Gasteiger partial charge is 1.00 e. The molecule has 0 aliphatic heterocycles. The molecular formula is C11H12BCl2Zr. The first-order valence-corrected chi connectivity index (χ1v) is 4.13. The average molecular weight is 317 g/mol. The summed E-state index contributed by atoms with van der Waals surface area (Å²) in [6, 6.07) is 6.14. The SMILES string of the molecule is Cc1bcccc1.[C-]1=CC=CC1.[Cl-].[Cl-].[Zr+3]. The summed E-state index contributed by atoms with van der Waals surface area (Å²) < 4.78 is 0. The van der Waals surface area contributed by atoms with Gasteiger partial charge in [-0.15, -0.1) is 6.42 Å². The molecule has 1 aromatic heterocycles. The zero-order valence-corrected chi connectivity index (χ0v) is 12.6. The minimum absolute atomic E-state index is 0. The number of hydrogen-bond acceptors (Lipinski definition) is 0. The van der Waals surface area contributed by atoms with Crippen LogP contribution in [-0.4, -0.2) is 6.91 Å². The maximum atomic E-state index is 2.99. The van der Waals surface area contributed by atoms with Crippen molar-refractivity contribution in [2.24, 2.45) is 0 Å². The molecule has 0 atom stereocenters. The Labute approximate surface area is 124 Å². The van der Waals surface area contributed by atoms with Crippen molar-refractivity contribution in [1.82, 2.24) is 0 Å². The molecule has 0 aromatic carbocycles. The number of rotatable bonds is 0. The summed E-state index contributed by atoms with van der Waals surface area (Å²) in [6.07, 6.45) is 10.0. The van der Waals surface area contributed by atoms with Crippen LogP contribution in [0.25, 0.3) is 0 Å². The Morgan fingerprint density at radius 3 is 2.20 bits per heavy atom. The molecule has 1 aromatic rings. The van der Waals surface area contributed by atoms with Gasteiger partial charge in [0.15, 0.2) is 0 Å². The Morgan fingerprint density at radius 2 is 2.00 bits per heavy atom. The molecule has 0 fully saturated rings. The normalized spacial score (nSPS) is 9.67. The van der Waals surface area contributed by atoms with E-state index in [9.17, 15) is 0 Å². The summed E-state index contributed by atoms with van der Waals surface area (Å²) in [7, 11) is 0. The molecule has 77 valence electrons. The minimum Gasteiger partial charge on any atom is -1.00 e. The van der Waals surface area contributed by atoms with Gasteiger partial charge in [0.25, 0.3) is 0 Å². The van der Waals surface area contributed by atoms with E-state index >= 15 is 0 Å². The van der Waals surface area contributed by atoms with Crippen LogP contribution in [0.15, 0.2) is 42.4 Å². The van der Waals surface area contributed by atoms with Crippen molar-refractivity contribution in [2.75, 3.05) is 0 Å². The molecule has 1 aliphatic rings. The first kappa shape index (κ1) is 20.7. The molecule has 0 saturated carbocycles. The monoisotopic (exact) mass is 315 g/mol. The summed E-state index contributed by atoms with van der Waals surface area (Å²) in [6.45, 7) is 4.17. The van der Waals surface area contributed by atoms with E-state index in [4.69, 9.17) is 0 Å². The molecule has 0 amide bonds.